The molecule has 1 aliphatic heterocycles. The number of hydrogen-bond donors (Lipinski definition) is 0. The lowest BCUT2D eigenvalue weighted by Crippen LogP contribution is -2.58. The van der Waals surface area contributed by atoms with Crippen molar-refractivity contribution >= 4 is 5.78 Å². The van der Waals surface area contributed by atoms with Gasteiger partial charge in [-0.25, -0.2) is 0 Å². The van der Waals surface area contributed by atoms with E-state index in [2.05, 4.69) is 75.3 Å². The lowest BCUT2D eigenvalue weighted by Gasteiger charge is -2.61. The topological polar surface area (TPSA) is 35.5 Å². The van der Waals surface area contributed by atoms with Crippen LogP contribution in [-0.2, 0) is 14.3 Å². The van der Waals surface area contributed by atoms with Crippen molar-refractivity contribution in [3.05, 3.63) is 11.6 Å². The van der Waals surface area contributed by atoms with Gasteiger partial charge in [-0.15, -0.1) is 0 Å². The van der Waals surface area contributed by atoms with E-state index in [-0.39, 0.29) is 39.3 Å². The quantitative estimate of drug-likeness (QED) is 0.391. The van der Waals surface area contributed by atoms with Crippen LogP contribution in [0.5, 0.6) is 0 Å². The molecule has 3 heteroatoms. The van der Waals surface area contributed by atoms with E-state index < -0.39 is 5.79 Å². The predicted molar refractivity (Wildman–Crippen MR) is 146 cm³/mol. The molecule has 204 valence electrons. The van der Waals surface area contributed by atoms with Crippen LogP contribution in [0.2, 0.25) is 0 Å². The molecule has 1 heterocycles. The third-order valence-electron chi connectivity index (χ3n) is 12.4. The zero-order valence-corrected chi connectivity index (χ0v) is 25.1. The molecular formula is C33H54O3. The molecule has 0 aromatic rings. The summed E-state index contributed by atoms with van der Waals surface area (Å²) in [6, 6.07) is 0. The van der Waals surface area contributed by atoms with Gasteiger partial charge in [0.05, 0.1) is 11.7 Å². The van der Waals surface area contributed by atoms with E-state index in [9.17, 15) is 4.79 Å². The second kappa shape index (κ2) is 8.17. The molecule has 5 aliphatic rings. The molecule has 36 heavy (non-hydrogen) atoms. The van der Waals surface area contributed by atoms with E-state index in [1.807, 2.05) is 0 Å². The fraction of sp³-hybridized carbons (Fsp3) is 0.909. The Bertz CT molecular complexity index is 941. The van der Waals surface area contributed by atoms with Gasteiger partial charge in [0.1, 0.15) is 0 Å². The molecule has 3 saturated carbocycles. The van der Waals surface area contributed by atoms with Gasteiger partial charge in [-0.05, 0) is 118 Å². The molecule has 0 amide bonds. The molecule has 0 spiro atoms. The number of fused-ring (bicyclic) bond motifs is 5. The highest BCUT2D eigenvalue weighted by molar-refractivity contribution is 5.94. The van der Waals surface area contributed by atoms with Crippen molar-refractivity contribution in [2.24, 2.45) is 45.3 Å². The van der Waals surface area contributed by atoms with Gasteiger partial charge >= 0.3 is 0 Å². The monoisotopic (exact) mass is 498 g/mol. The summed E-state index contributed by atoms with van der Waals surface area (Å²) >= 11 is 0. The first-order valence-corrected chi connectivity index (χ1v) is 15.1. The highest BCUT2D eigenvalue weighted by Gasteiger charge is 2.69. The van der Waals surface area contributed by atoms with Crippen molar-refractivity contribution in [1.29, 1.82) is 0 Å². The molecule has 4 aliphatic carbocycles. The molecule has 9 atom stereocenters. The first-order valence-electron chi connectivity index (χ1n) is 15.1. The van der Waals surface area contributed by atoms with Crippen molar-refractivity contribution in [2.45, 2.75) is 145 Å². The van der Waals surface area contributed by atoms with Crippen LogP contribution in [0.1, 0.15) is 127 Å². The normalized spacial score (nSPS) is 50.3. The maximum absolute atomic E-state index is 13.7. The molecule has 1 unspecified atom stereocenters. The number of allylic oxidation sites excluding steroid dienone is 2. The van der Waals surface area contributed by atoms with E-state index in [1.54, 1.807) is 0 Å². The van der Waals surface area contributed by atoms with Gasteiger partial charge in [0.25, 0.3) is 0 Å². The minimum absolute atomic E-state index is 0.0565. The maximum atomic E-state index is 13.7. The van der Waals surface area contributed by atoms with Crippen molar-refractivity contribution in [3.8, 4) is 0 Å². The largest absolute Gasteiger partial charge is 0.344 e. The second-order valence-corrected chi connectivity index (χ2v) is 16.3. The molecule has 5 rings (SSSR count). The summed E-state index contributed by atoms with van der Waals surface area (Å²) in [6.07, 6.45) is 12.8. The Morgan fingerprint density at radius 1 is 0.944 bits per heavy atom. The minimum Gasteiger partial charge on any atom is -0.344 e. The lowest BCUT2D eigenvalue weighted by molar-refractivity contribution is -0.183. The maximum Gasteiger partial charge on any atom is 0.164 e. The highest BCUT2D eigenvalue weighted by Crippen LogP contribution is 2.73. The van der Waals surface area contributed by atoms with Crippen LogP contribution in [0.4, 0.5) is 0 Å². The van der Waals surface area contributed by atoms with Crippen molar-refractivity contribution in [2.75, 3.05) is 0 Å². The Morgan fingerprint density at radius 2 is 1.64 bits per heavy atom. The lowest BCUT2D eigenvalue weighted by atomic mass is 9.43. The standard InChI is InChI=1S/C33H54O3/c1-21-11-16-30(7)22-12-17-32(9)26(13-18-31(32,8)23(22)20-25(34)24(30)19-21)33(10)27(14-15-28(2,3)4)35-29(5,6)36-33/h20-22,24,26-27H,11-19H2,1-10H3/t21-,22?,24-,26-,27+,30+,31-,32+,33+/m0/s1. The van der Waals surface area contributed by atoms with E-state index >= 15 is 0 Å². The molecule has 0 radical (unpaired) electrons. The van der Waals surface area contributed by atoms with Gasteiger partial charge in [-0.2, -0.15) is 0 Å². The third-order valence-corrected chi connectivity index (χ3v) is 12.4. The van der Waals surface area contributed by atoms with Crippen molar-refractivity contribution in [3.63, 3.8) is 0 Å². The zero-order chi connectivity index (χ0) is 26.5. The van der Waals surface area contributed by atoms with Crippen molar-refractivity contribution in [1.82, 2.24) is 0 Å². The van der Waals surface area contributed by atoms with E-state index in [4.69, 9.17) is 9.47 Å². The first kappa shape index (κ1) is 26.9. The summed E-state index contributed by atoms with van der Waals surface area (Å²) in [5.41, 5.74) is 1.79. The average molecular weight is 499 g/mol. The van der Waals surface area contributed by atoms with Crippen LogP contribution in [0.15, 0.2) is 11.6 Å². The third kappa shape index (κ3) is 3.83. The fourth-order valence-corrected chi connectivity index (χ4v) is 10.1. The summed E-state index contributed by atoms with van der Waals surface area (Å²) in [5, 5.41) is 0. The van der Waals surface area contributed by atoms with Crippen LogP contribution in [0, 0.1) is 45.3 Å². The Kier molecular flexibility index (Phi) is 6.11. The van der Waals surface area contributed by atoms with Gasteiger partial charge in [-0.1, -0.05) is 60.5 Å². The molecule has 4 fully saturated rings. The molecule has 0 bridgehead atoms. The van der Waals surface area contributed by atoms with Gasteiger partial charge < -0.3 is 9.47 Å². The molecular weight excluding hydrogens is 444 g/mol. The number of carbonyl (C=O) groups excluding carboxylic acids is 1. The number of ketones is 1. The summed E-state index contributed by atoms with van der Waals surface area (Å²) < 4.78 is 13.6. The fourth-order valence-electron chi connectivity index (χ4n) is 10.1. The van der Waals surface area contributed by atoms with E-state index in [0.29, 0.717) is 23.5 Å². The average Bonchev–Trinajstić information content (AvgIpc) is 3.17. The number of hydrogen-bond acceptors (Lipinski definition) is 3. The van der Waals surface area contributed by atoms with E-state index in [1.165, 1.54) is 31.3 Å². The molecule has 3 nitrogen and oxygen atoms in total. The predicted octanol–water partition coefficient (Wildman–Crippen LogP) is 8.51. The minimum atomic E-state index is -0.552. The summed E-state index contributed by atoms with van der Waals surface area (Å²) in [7, 11) is 0. The van der Waals surface area contributed by atoms with Crippen LogP contribution in [-0.4, -0.2) is 23.3 Å². The summed E-state index contributed by atoms with van der Waals surface area (Å²) in [4.78, 5) is 13.7. The zero-order valence-electron chi connectivity index (χ0n) is 25.1. The Balaban J connectivity index is 1.50. The first-order chi connectivity index (χ1) is 16.5. The molecule has 0 N–H and O–H groups in total. The Morgan fingerprint density at radius 3 is 2.31 bits per heavy atom. The molecule has 0 aromatic heterocycles. The molecule has 1 saturated heterocycles. The number of carbonyl (C=O) groups is 1. The van der Waals surface area contributed by atoms with Crippen molar-refractivity contribution < 1.29 is 14.3 Å². The van der Waals surface area contributed by atoms with Gasteiger partial charge in [0.15, 0.2) is 11.6 Å². The summed E-state index contributed by atoms with van der Waals surface area (Å²) in [5.74, 6) is 1.77. The van der Waals surface area contributed by atoms with Crippen LogP contribution >= 0.6 is 0 Å². The SMILES string of the molecule is C[C@H]1CC[C@]2(C)C3CC[C@]4(C)[C@@H]([C@@]5(C)OC(C)(C)O[C@@H]5CCC(C)(C)C)CC[C@@]4(C)C3=CC(=O)[C@@H]2C1. The smallest absolute Gasteiger partial charge is 0.164 e. The Labute approximate surface area is 221 Å². The summed E-state index contributed by atoms with van der Waals surface area (Å²) in [6.45, 7) is 23.4. The van der Waals surface area contributed by atoms with E-state index in [0.717, 1.165) is 32.1 Å². The van der Waals surface area contributed by atoms with Crippen LogP contribution in [0.25, 0.3) is 0 Å². The number of rotatable bonds is 3. The van der Waals surface area contributed by atoms with Crippen LogP contribution < -0.4 is 0 Å². The van der Waals surface area contributed by atoms with Gasteiger partial charge in [-0.3, -0.25) is 4.79 Å². The van der Waals surface area contributed by atoms with Crippen LogP contribution in [0.3, 0.4) is 0 Å². The van der Waals surface area contributed by atoms with Gasteiger partial charge in [0, 0.05) is 5.92 Å². The number of ether oxygens (including phenoxy) is 2. The van der Waals surface area contributed by atoms with Gasteiger partial charge in [0.2, 0.25) is 0 Å². The second-order valence-electron chi connectivity index (χ2n) is 16.3. The Hall–Kier alpha value is -0.670. The highest BCUT2D eigenvalue weighted by atomic mass is 16.8. The molecule has 0 aromatic carbocycles.